The molecule has 0 radical (unpaired) electrons. The highest BCUT2D eigenvalue weighted by atomic mass is 32.1. The van der Waals surface area contributed by atoms with Crippen LogP contribution in [0.5, 0.6) is 0 Å². The van der Waals surface area contributed by atoms with Crippen molar-refractivity contribution in [3.63, 3.8) is 0 Å². The third kappa shape index (κ3) is 4.97. The molecule has 6 nitrogen and oxygen atoms in total. The Kier molecular flexibility index (Phi) is 6.28. The maximum atomic E-state index is 5.91. The van der Waals surface area contributed by atoms with Crippen molar-refractivity contribution in [2.75, 3.05) is 16.8 Å². The Hall–Kier alpha value is -2.93. The van der Waals surface area contributed by atoms with E-state index in [1.807, 2.05) is 55.5 Å². The minimum Gasteiger partial charge on any atom is -0.459 e. The molecule has 0 spiro atoms. The van der Waals surface area contributed by atoms with Crippen molar-refractivity contribution in [2.45, 2.75) is 45.7 Å². The molecule has 1 fully saturated rings. The number of anilines is 2. The van der Waals surface area contributed by atoms with Crippen LogP contribution in [0.3, 0.4) is 0 Å². The van der Waals surface area contributed by atoms with Gasteiger partial charge < -0.3 is 20.0 Å². The van der Waals surface area contributed by atoms with Crippen molar-refractivity contribution in [1.29, 1.82) is 0 Å². The van der Waals surface area contributed by atoms with Gasteiger partial charge in [0.2, 0.25) is 5.95 Å². The molecule has 2 aromatic heterocycles. The zero-order chi connectivity index (χ0) is 20.9. The molecule has 0 aliphatic carbocycles. The van der Waals surface area contributed by atoms with Crippen LogP contribution in [0, 0.1) is 6.92 Å². The normalized spacial score (nSPS) is 16.3. The lowest BCUT2D eigenvalue weighted by Crippen LogP contribution is -2.38. The van der Waals surface area contributed by atoms with E-state index in [1.165, 1.54) is 19.3 Å². The van der Waals surface area contributed by atoms with Gasteiger partial charge in [-0.3, -0.25) is 0 Å². The molecule has 3 heterocycles. The van der Waals surface area contributed by atoms with Gasteiger partial charge >= 0.3 is 0 Å². The van der Waals surface area contributed by atoms with Gasteiger partial charge in [-0.15, -0.1) is 0 Å². The second kappa shape index (κ2) is 9.26. The van der Waals surface area contributed by atoms with Gasteiger partial charge in [0, 0.05) is 29.9 Å². The Morgan fingerprint density at radius 3 is 2.80 bits per heavy atom. The molecule has 4 rings (SSSR count). The van der Waals surface area contributed by atoms with Crippen LogP contribution in [0.25, 0.3) is 11.3 Å². The first-order valence-corrected chi connectivity index (χ1v) is 10.8. The van der Waals surface area contributed by atoms with Crippen molar-refractivity contribution < 1.29 is 4.42 Å². The third-order valence-corrected chi connectivity index (χ3v) is 5.55. The molecular formula is C23H27N5OS. The Labute approximate surface area is 182 Å². The second-order valence-electron chi connectivity index (χ2n) is 7.67. The Morgan fingerprint density at radius 1 is 1.17 bits per heavy atom. The van der Waals surface area contributed by atoms with E-state index in [0.29, 0.717) is 23.6 Å². The number of benzene rings is 1. The molecule has 1 aliphatic heterocycles. The number of nitrogens with zero attached hydrogens (tertiary/aromatic N) is 3. The number of nitrogens with one attached hydrogen (secondary N) is 2. The maximum absolute atomic E-state index is 5.91. The van der Waals surface area contributed by atoms with Crippen LogP contribution in [-0.4, -0.2) is 27.7 Å². The highest BCUT2D eigenvalue weighted by Gasteiger charge is 2.20. The summed E-state index contributed by atoms with van der Waals surface area (Å²) in [5, 5.41) is 6.76. The van der Waals surface area contributed by atoms with Crippen LogP contribution in [-0.2, 0) is 6.54 Å². The third-order valence-electron chi connectivity index (χ3n) is 5.31. The maximum Gasteiger partial charge on any atom is 0.231 e. The predicted molar refractivity (Wildman–Crippen MR) is 125 cm³/mol. The van der Waals surface area contributed by atoms with E-state index in [4.69, 9.17) is 21.6 Å². The molecule has 2 N–H and O–H groups in total. The van der Waals surface area contributed by atoms with Crippen LogP contribution in [0.15, 0.2) is 52.9 Å². The van der Waals surface area contributed by atoms with Gasteiger partial charge in [-0.1, -0.05) is 30.3 Å². The predicted octanol–water partition coefficient (Wildman–Crippen LogP) is 4.91. The molecule has 30 heavy (non-hydrogen) atoms. The fourth-order valence-corrected chi connectivity index (χ4v) is 3.90. The Bertz CT molecular complexity index is 1000. The molecule has 0 bridgehead atoms. The van der Waals surface area contributed by atoms with E-state index < -0.39 is 0 Å². The minimum absolute atomic E-state index is 0.468. The van der Waals surface area contributed by atoms with Crippen LogP contribution in [0.4, 0.5) is 11.8 Å². The molecule has 1 aromatic carbocycles. The SMILES string of the molecule is Cc1cc(N2CCCCC2C)nc(NC(=S)NCc2ccc(-c3ccccc3)o2)n1. The molecule has 1 unspecified atom stereocenters. The van der Waals surface area contributed by atoms with Crippen molar-refractivity contribution >= 4 is 29.1 Å². The number of hydrogen-bond acceptors (Lipinski definition) is 5. The zero-order valence-electron chi connectivity index (χ0n) is 17.4. The van der Waals surface area contributed by atoms with Crippen LogP contribution in [0.1, 0.15) is 37.6 Å². The first kappa shape index (κ1) is 20.3. The van der Waals surface area contributed by atoms with Crippen molar-refractivity contribution in [3.8, 4) is 11.3 Å². The topological polar surface area (TPSA) is 66.2 Å². The van der Waals surface area contributed by atoms with E-state index in [1.54, 1.807) is 0 Å². The molecule has 1 atom stereocenters. The van der Waals surface area contributed by atoms with E-state index in [-0.39, 0.29) is 0 Å². The van der Waals surface area contributed by atoms with Crippen LogP contribution in [0.2, 0.25) is 0 Å². The van der Waals surface area contributed by atoms with Gasteiger partial charge in [0.05, 0.1) is 6.54 Å². The fraction of sp³-hybridized carbons (Fsp3) is 0.348. The molecule has 1 aliphatic rings. The lowest BCUT2D eigenvalue weighted by Gasteiger charge is -2.34. The van der Waals surface area contributed by atoms with Crippen LogP contribution >= 0.6 is 12.2 Å². The number of piperidine rings is 1. The Balaban J connectivity index is 1.37. The van der Waals surface area contributed by atoms with Gasteiger partial charge in [-0.2, -0.15) is 4.98 Å². The van der Waals surface area contributed by atoms with Crippen molar-refractivity contribution in [3.05, 3.63) is 60.0 Å². The molecule has 7 heteroatoms. The first-order valence-electron chi connectivity index (χ1n) is 10.4. The standard InChI is InChI=1S/C23H27N5OS/c1-16-14-21(28-13-7-6-8-17(28)2)26-22(25-16)27-23(30)24-15-19-11-12-20(29-19)18-9-4-3-5-10-18/h3-5,9-12,14,17H,6-8,13,15H2,1-2H3,(H2,24,25,26,27,30). The molecule has 1 saturated heterocycles. The summed E-state index contributed by atoms with van der Waals surface area (Å²) in [6, 6.07) is 16.5. The fourth-order valence-electron chi connectivity index (χ4n) is 3.74. The highest BCUT2D eigenvalue weighted by molar-refractivity contribution is 7.80. The van der Waals surface area contributed by atoms with E-state index in [2.05, 4.69) is 27.4 Å². The van der Waals surface area contributed by atoms with Gasteiger partial charge in [-0.25, -0.2) is 4.98 Å². The summed E-state index contributed by atoms with van der Waals surface area (Å²) in [6.07, 6.45) is 3.67. The lowest BCUT2D eigenvalue weighted by molar-refractivity contribution is 0.481. The van der Waals surface area contributed by atoms with Crippen LogP contribution < -0.4 is 15.5 Å². The highest BCUT2D eigenvalue weighted by Crippen LogP contribution is 2.24. The minimum atomic E-state index is 0.468. The summed E-state index contributed by atoms with van der Waals surface area (Å²) < 4.78 is 5.91. The zero-order valence-corrected chi connectivity index (χ0v) is 18.2. The van der Waals surface area contributed by atoms with Gasteiger partial charge in [0.15, 0.2) is 5.11 Å². The number of rotatable bonds is 5. The average molecular weight is 422 g/mol. The Morgan fingerprint density at radius 2 is 2.00 bits per heavy atom. The van der Waals surface area contributed by atoms with Crippen molar-refractivity contribution in [2.24, 2.45) is 0 Å². The lowest BCUT2D eigenvalue weighted by atomic mass is 10.0. The largest absolute Gasteiger partial charge is 0.459 e. The molecule has 156 valence electrons. The molecule has 0 amide bonds. The summed E-state index contributed by atoms with van der Waals surface area (Å²) in [4.78, 5) is 11.5. The molecule has 3 aromatic rings. The quantitative estimate of drug-likeness (QED) is 0.567. The molecular weight excluding hydrogens is 394 g/mol. The summed E-state index contributed by atoms with van der Waals surface area (Å²) in [5.41, 5.74) is 1.97. The summed E-state index contributed by atoms with van der Waals surface area (Å²) in [7, 11) is 0. The number of aryl methyl sites for hydroxylation is 1. The average Bonchev–Trinajstić information content (AvgIpc) is 3.22. The second-order valence-corrected chi connectivity index (χ2v) is 8.08. The van der Waals surface area contributed by atoms with Gasteiger partial charge in [0.1, 0.15) is 17.3 Å². The van der Waals surface area contributed by atoms with E-state index in [0.717, 1.165) is 35.1 Å². The van der Waals surface area contributed by atoms with Crippen molar-refractivity contribution in [1.82, 2.24) is 15.3 Å². The number of furan rings is 1. The van der Waals surface area contributed by atoms with Gasteiger partial charge in [0.25, 0.3) is 0 Å². The number of thiocarbonyl (C=S) groups is 1. The summed E-state index contributed by atoms with van der Waals surface area (Å²) >= 11 is 5.44. The number of hydrogen-bond donors (Lipinski definition) is 2. The first-order chi connectivity index (χ1) is 14.6. The molecule has 0 saturated carbocycles. The van der Waals surface area contributed by atoms with E-state index >= 15 is 0 Å². The number of aromatic nitrogens is 2. The van der Waals surface area contributed by atoms with E-state index in [9.17, 15) is 0 Å². The monoisotopic (exact) mass is 421 g/mol. The summed E-state index contributed by atoms with van der Waals surface area (Å²) in [5.74, 6) is 3.13. The van der Waals surface area contributed by atoms with Gasteiger partial charge in [-0.05, 0) is 57.5 Å². The smallest absolute Gasteiger partial charge is 0.231 e. The summed E-state index contributed by atoms with van der Waals surface area (Å²) in [6.45, 7) is 5.75.